The standard InChI is InChI=1S/C10H14N2/c1-7-3-4-8-9(11-2)5-6-10(8)12-7/h3-4,9,11H,5-6H2,1-2H3. The van der Waals surface area contributed by atoms with E-state index >= 15 is 0 Å². The quantitative estimate of drug-likeness (QED) is 0.678. The minimum atomic E-state index is 0.535. The van der Waals surface area contributed by atoms with Crippen LogP contribution in [0.5, 0.6) is 0 Å². The molecule has 64 valence electrons. The number of nitrogens with zero attached hydrogens (tertiary/aromatic N) is 1. The molecule has 1 aromatic rings. The zero-order valence-corrected chi connectivity index (χ0v) is 7.59. The molecule has 1 atom stereocenters. The summed E-state index contributed by atoms with van der Waals surface area (Å²) in [5.41, 5.74) is 3.81. The minimum Gasteiger partial charge on any atom is -0.313 e. The summed E-state index contributed by atoms with van der Waals surface area (Å²) in [4.78, 5) is 4.51. The Kier molecular flexibility index (Phi) is 1.85. The molecular weight excluding hydrogens is 148 g/mol. The summed E-state index contributed by atoms with van der Waals surface area (Å²) >= 11 is 0. The molecule has 0 saturated carbocycles. The van der Waals surface area contributed by atoms with Crippen molar-refractivity contribution in [1.29, 1.82) is 0 Å². The van der Waals surface area contributed by atoms with E-state index in [1.54, 1.807) is 0 Å². The Hall–Kier alpha value is -0.890. The highest BCUT2D eigenvalue weighted by Crippen LogP contribution is 2.29. The van der Waals surface area contributed by atoms with Crippen molar-refractivity contribution < 1.29 is 0 Å². The largest absolute Gasteiger partial charge is 0.313 e. The van der Waals surface area contributed by atoms with Crippen LogP contribution in [0.3, 0.4) is 0 Å². The second kappa shape index (κ2) is 2.87. The van der Waals surface area contributed by atoms with Crippen molar-refractivity contribution in [2.45, 2.75) is 25.8 Å². The normalized spacial score (nSPS) is 21.0. The Bertz CT molecular complexity index is 294. The molecule has 1 N–H and O–H groups in total. The van der Waals surface area contributed by atoms with Crippen LogP contribution in [0, 0.1) is 6.92 Å². The molecule has 0 bridgehead atoms. The van der Waals surface area contributed by atoms with Crippen LogP contribution in [0.1, 0.15) is 29.4 Å². The van der Waals surface area contributed by atoms with Crippen molar-refractivity contribution >= 4 is 0 Å². The number of nitrogens with one attached hydrogen (secondary N) is 1. The minimum absolute atomic E-state index is 0.535. The first-order chi connectivity index (χ1) is 5.81. The first-order valence-corrected chi connectivity index (χ1v) is 4.45. The summed E-state index contributed by atoms with van der Waals surface area (Å²) in [6.45, 7) is 2.05. The fourth-order valence-electron chi connectivity index (χ4n) is 1.88. The maximum atomic E-state index is 4.51. The molecule has 2 rings (SSSR count). The van der Waals surface area contributed by atoms with E-state index < -0.39 is 0 Å². The summed E-state index contributed by atoms with van der Waals surface area (Å²) in [5.74, 6) is 0. The van der Waals surface area contributed by atoms with Crippen LogP contribution in [0.25, 0.3) is 0 Å². The maximum absolute atomic E-state index is 4.51. The third-order valence-corrected chi connectivity index (χ3v) is 2.54. The van der Waals surface area contributed by atoms with Crippen LogP contribution >= 0.6 is 0 Å². The number of aromatic nitrogens is 1. The van der Waals surface area contributed by atoms with E-state index in [2.05, 4.69) is 22.4 Å². The van der Waals surface area contributed by atoms with Crippen LogP contribution in [-0.4, -0.2) is 12.0 Å². The maximum Gasteiger partial charge on any atom is 0.0455 e. The van der Waals surface area contributed by atoms with E-state index in [0.29, 0.717) is 6.04 Å². The second-order valence-corrected chi connectivity index (χ2v) is 3.37. The average molecular weight is 162 g/mol. The van der Waals surface area contributed by atoms with E-state index in [1.165, 1.54) is 17.7 Å². The Balaban J connectivity index is 2.40. The molecule has 0 fully saturated rings. The Morgan fingerprint density at radius 3 is 3.08 bits per heavy atom. The van der Waals surface area contributed by atoms with Gasteiger partial charge in [0, 0.05) is 17.4 Å². The van der Waals surface area contributed by atoms with Gasteiger partial charge in [0.1, 0.15) is 0 Å². The van der Waals surface area contributed by atoms with Gasteiger partial charge >= 0.3 is 0 Å². The zero-order valence-electron chi connectivity index (χ0n) is 7.59. The summed E-state index contributed by atoms with van der Waals surface area (Å²) in [6.07, 6.45) is 2.32. The molecule has 0 spiro atoms. The third kappa shape index (κ3) is 1.12. The Morgan fingerprint density at radius 1 is 1.50 bits per heavy atom. The van der Waals surface area contributed by atoms with E-state index in [0.717, 1.165) is 12.1 Å². The molecule has 0 aliphatic heterocycles. The SMILES string of the molecule is CNC1CCc2nc(C)ccc21. The van der Waals surface area contributed by atoms with Crippen molar-refractivity contribution in [1.82, 2.24) is 10.3 Å². The number of aryl methyl sites for hydroxylation is 2. The predicted molar refractivity (Wildman–Crippen MR) is 49.1 cm³/mol. The van der Waals surface area contributed by atoms with Crippen molar-refractivity contribution in [3.8, 4) is 0 Å². The van der Waals surface area contributed by atoms with Crippen LogP contribution in [0.2, 0.25) is 0 Å². The summed E-state index contributed by atoms with van der Waals surface area (Å²) in [6, 6.07) is 4.83. The predicted octanol–water partition coefficient (Wildman–Crippen LogP) is 1.60. The van der Waals surface area contributed by atoms with Gasteiger partial charge in [0.25, 0.3) is 0 Å². The monoisotopic (exact) mass is 162 g/mol. The van der Waals surface area contributed by atoms with Gasteiger partial charge in [0.2, 0.25) is 0 Å². The lowest BCUT2D eigenvalue weighted by Gasteiger charge is -2.08. The Labute approximate surface area is 73.0 Å². The van der Waals surface area contributed by atoms with Gasteiger partial charge in [-0.1, -0.05) is 6.07 Å². The van der Waals surface area contributed by atoms with Gasteiger partial charge in [-0.25, -0.2) is 0 Å². The van der Waals surface area contributed by atoms with Crippen molar-refractivity contribution in [3.63, 3.8) is 0 Å². The molecule has 12 heavy (non-hydrogen) atoms. The highest BCUT2D eigenvalue weighted by Gasteiger charge is 2.21. The molecule has 0 saturated heterocycles. The van der Waals surface area contributed by atoms with Gasteiger partial charge in [-0.2, -0.15) is 0 Å². The van der Waals surface area contributed by atoms with Gasteiger partial charge in [-0.15, -0.1) is 0 Å². The molecule has 1 aliphatic carbocycles. The molecular formula is C10H14N2. The summed E-state index contributed by atoms with van der Waals surface area (Å²) < 4.78 is 0. The van der Waals surface area contributed by atoms with Gasteiger partial charge in [0.05, 0.1) is 0 Å². The number of rotatable bonds is 1. The molecule has 2 heteroatoms. The molecule has 1 unspecified atom stereocenters. The first-order valence-electron chi connectivity index (χ1n) is 4.45. The van der Waals surface area contributed by atoms with E-state index in [4.69, 9.17) is 0 Å². The lowest BCUT2D eigenvalue weighted by molar-refractivity contribution is 0.590. The van der Waals surface area contributed by atoms with Gasteiger partial charge in [-0.3, -0.25) is 4.98 Å². The first kappa shape index (κ1) is 7.74. The fraction of sp³-hybridized carbons (Fsp3) is 0.500. The summed E-state index contributed by atoms with van der Waals surface area (Å²) in [7, 11) is 2.01. The lowest BCUT2D eigenvalue weighted by Crippen LogP contribution is -2.12. The molecule has 1 aliphatic rings. The molecule has 0 amide bonds. The third-order valence-electron chi connectivity index (χ3n) is 2.54. The van der Waals surface area contributed by atoms with Crippen molar-refractivity contribution in [3.05, 3.63) is 29.1 Å². The summed E-state index contributed by atoms with van der Waals surface area (Å²) in [5, 5.41) is 3.30. The number of pyridine rings is 1. The van der Waals surface area contributed by atoms with Gasteiger partial charge < -0.3 is 5.32 Å². The van der Waals surface area contributed by atoms with Crippen LogP contribution in [-0.2, 0) is 6.42 Å². The van der Waals surface area contributed by atoms with Gasteiger partial charge in [0.15, 0.2) is 0 Å². The highest BCUT2D eigenvalue weighted by molar-refractivity contribution is 5.30. The zero-order chi connectivity index (χ0) is 8.55. The fourth-order valence-corrected chi connectivity index (χ4v) is 1.88. The van der Waals surface area contributed by atoms with E-state index in [-0.39, 0.29) is 0 Å². The smallest absolute Gasteiger partial charge is 0.0455 e. The molecule has 0 aromatic carbocycles. The second-order valence-electron chi connectivity index (χ2n) is 3.37. The van der Waals surface area contributed by atoms with Crippen LogP contribution in [0.15, 0.2) is 12.1 Å². The number of hydrogen-bond donors (Lipinski definition) is 1. The Morgan fingerprint density at radius 2 is 2.33 bits per heavy atom. The lowest BCUT2D eigenvalue weighted by atomic mass is 10.1. The van der Waals surface area contributed by atoms with E-state index in [9.17, 15) is 0 Å². The van der Waals surface area contributed by atoms with Crippen molar-refractivity contribution in [2.75, 3.05) is 7.05 Å². The highest BCUT2D eigenvalue weighted by atomic mass is 14.9. The number of fused-ring (bicyclic) bond motifs is 1. The number of hydrogen-bond acceptors (Lipinski definition) is 2. The van der Waals surface area contributed by atoms with Gasteiger partial charge in [-0.05, 0) is 38.4 Å². The van der Waals surface area contributed by atoms with Crippen LogP contribution in [0.4, 0.5) is 0 Å². The molecule has 1 aromatic heterocycles. The van der Waals surface area contributed by atoms with Crippen LogP contribution < -0.4 is 5.32 Å². The van der Waals surface area contributed by atoms with Crippen molar-refractivity contribution in [2.24, 2.45) is 0 Å². The molecule has 0 radical (unpaired) electrons. The van der Waals surface area contributed by atoms with E-state index in [1.807, 2.05) is 14.0 Å². The molecule has 2 nitrogen and oxygen atoms in total. The molecule has 1 heterocycles. The average Bonchev–Trinajstić information content (AvgIpc) is 2.46. The topological polar surface area (TPSA) is 24.9 Å².